The molecule has 2 rings (SSSR count). The number of rotatable bonds is 3. The van der Waals surface area contributed by atoms with E-state index in [9.17, 15) is 9.59 Å². The van der Waals surface area contributed by atoms with E-state index in [-0.39, 0.29) is 17.7 Å². The number of piperidine rings is 1. The van der Waals surface area contributed by atoms with E-state index in [1.165, 1.54) is 22.3 Å². The van der Waals surface area contributed by atoms with Crippen LogP contribution >= 0.6 is 0 Å². The lowest BCUT2D eigenvalue weighted by Crippen LogP contribution is -2.42. The van der Waals surface area contributed by atoms with E-state index in [4.69, 9.17) is 0 Å². The molecule has 0 atom stereocenters. The average Bonchev–Trinajstić information content (AvgIpc) is 2.49. The Hall–Kier alpha value is -1.84. The van der Waals surface area contributed by atoms with E-state index < -0.39 is 0 Å². The second-order valence-corrected chi connectivity index (χ2v) is 6.36. The first-order chi connectivity index (χ1) is 10.4. The van der Waals surface area contributed by atoms with Crippen LogP contribution in [0.3, 0.4) is 0 Å². The van der Waals surface area contributed by atoms with Crippen molar-refractivity contribution in [3.8, 4) is 0 Å². The molecule has 1 aromatic carbocycles. The monoisotopic (exact) mass is 302 g/mol. The van der Waals surface area contributed by atoms with Crippen molar-refractivity contribution in [2.45, 2.75) is 47.1 Å². The molecule has 1 N–H and O–H groups in total. The first-order valence-corrected chi connectivity index (χ1v) is 7.98. The fourth-order valence-electron chi connectivity index (χ4n) is 2.99. The van der Waals surface area contributed by atoms with Gasteiger partial charge in [-0.05, 0) is 55.9 Å². The Bertz CT molecular complexity index is 573. The Morgan fingerprint density at radius 1 is 1.09 bits per heavy atom. The summed E-state index contributed by atoms with van der Waals surface area (Å²) >= 11 is 0. The van der Waals surface area contributed by atoms with Crippen molar-refractivity contribution in [1.82, 2.24) is 10.2 Å². The molecule has 0 spiro atoms. The molecule has 1 aromatic rings. The van der Waals surface area contributed by atoms with Gasteiger partial charge >= 0.3 is 0 Å². The Labute approximate surface area is 132 Å². The van der Waals surface area contributed by atoms with Crippen LogP contribution in [0, 0.1) is 26.7 Å². The lowest BCUT2D eigenvalue weighted by atomic mass is 9.95. The van der Waals surface area contributed by atoms with Gasteiger partial charge in [0.1, 0.15) is 0 Å². The van der Waals surface area contributed by atoms with Crippen molar-refractivity contribution in [2.75, 3.05) is 13.1 Å². The zero-order valence-electron chi connectivity index (χ0n) is 14.0. The minimum atomic E-state index is 0.0300. The summed E-state index contributed by atoms with van der Waals surface area (Å²) in [5, 5.41) is 3.06. The molecule has 1 heterocycles. The molecule has 1 aliphatic heterocycles. The predicted molar refractivity (Wildman–Crippen MR) is 87.5 cm³/mol. The number of nitrogens with one attached hydrogen (secondary N) is 1. The molecule has 120 valence electrons. The third-order valence-electron chi connectivity index (χ3n) is 4.72. The summed E-state index contributed by atoms with van der Waals surface area (Å²) in [6.07, 6.45) is 1.52. The highest BCUT2D eigenvalue weighted by atomic mass is 16.2. The van der Waals surface area contributed by atoms with Gasteiger partial charge in [-0.3, -0.25) is 9.59 Å². The summed E-state index contributed by atoms with van der Waals surface area (Å²) in [7, 11) is 0. The zero-order chi connectivity index (χ0) is 16.3. The first-order valence-electron chi connectivity index (χ1n) is 7.98. The first kappa shape index (κ1) is 16.5. The molecule has 4 heteroatoms. The molecule has 1 saturated heterocycles. The Balaban J connectivity index is 1.89. The van der Waals surface area contributed by atoms with Crippen LogP contribution in [0.1, 0.15) is 42.0 Å². The molecule has 0 aromatic heterocycles. The number of likely N-dealkylation sites (tertiary alicyclic amines) is 1. The lowest BCUT2D eigenvalue weighted by Gasteiger charge is -2.30. The predicted octanol–water partition coefficient (Wildman–Crippen LogP) is 2.49. The quantitative estimate of drug-likeness (QED) is 0.932. The highest BCUT2D eigenvalue weighted by Crippen LogP contribution is 2.19. The number of benzene rings is 1. The molecule has 0 aliphatic carbocycles. The molecule has 0 bridgehead atoms. The van der Waals surface area contributed by atoms with Crippen LogP contribution in [0.4, 0.5) is 0 Å². The van der Waals surface area contributed by atoms with Crippen LogP contribution in [0.5, 0.6) is 0 Å². The van der Waals surface area contributed by atoms with E-state index in [0.717, 1.165) is 12.8 Å². The summed E-state index contributed by atoms with van der Waals surface area (Å²) in [5.41, 5.74) is 4.93. The fourth-order valence-corrected chi connectivity index (χ4v) is 2.99. The topological polar surface area (TPSA) is 49.4 Å². The van der Waals surface area contributed by atoms with Gasteiger partial charge in [-0.15, -0.1) is 0 Å². The number of carbonyl (C=O) groups is 2. The lowest BCUT2D eigenvalue weighted by molar-refractivity contribution is -0.134. The van der Waals surface area contributed by atoms with Crippen LogP contribution in [0.2, 0.25) is 0 Å². The van der Waals surface area contributed by atoms with E-state index >= 15 is 0 Å². The van der Waals surface area contributed by atoms with Gasteiger partial charge in [0.05, 0.1) is 0 Å². The van der Waals surface area contributed by atoms with Gasteiger partial charge in [-0.25, -0.2) is 0 Å². The molecule has 1 aliphatic rings. The van der Waals surface area contributed by atoms with Crippen molar-refractivity contribution >= 4 is 11.8 Å². The van der Waals surface area contributed by atoms with E-state index in [1.54, 1.807) is 6.92 Å². The molecule has 0 unspecified atom stereocenters. The molecule has 0 saturated carbocycles. The maximum Gasteiger partial charge on any atom is 0.223 e. The maximum atomic E-state index is 12.3. The van der Waals surface area contributed by atoms with E-state index in [1.807, 2.05) is 4.90 Å². The number of aryl methyl sites for hydroxylation is 3. The van der Waals surface area contributed by atoms with Gasteiger partial charge in [0.25, 0.3) is 0 Å². The molecule has 22 heavy (non-hydrogen) atoms. The van der Waals surface area contributed by atoms with E-state index in [0.29, 0.717) is 19.6 Å². The summed E-state index contributed by atoms with van der Waals surface area (Å²) < 4.78 is 0. The standard InChI is InChI=1S/C18H26N2O2/c1-12-9-14(3)17(10-13(12)2)11-19-18(22)16-5-7-20(8-6-16)15(4)21/h9-10,16H,5-8,11H2,1-4H3,(H,19,22). The smallest absolute Gasteiger partial charge is 0.223 e. The Kier molecular flexibility index (Phi) is 5.22. The molecule has 2 amide bonds. The molecule has 0 radical (unpaired) electrons. The summed E-state index contributed by atoms with van der Waals surface area (Å²) in [6, 6.07) is 4.32. The third kappa shape index (κ3) is 3.87. The number of hydrogen-bond acceptors (Lipinski definition) is 2. The largest absolute Gasteiger partial charge is 0.352 e. The highest BCUT2D eigenvalue weighted by Gasteiger charge is 2.25. The number of amides is 2. The van der Waals surface area contributed by atoms with Gasteiger partial charge in [-0.2, -0.15) is 0 Å². The van der Waals surface area contributed by atoms with Crippen LogP contribution in [0.25, 0.3) is 0 Å². The maximum absolute atomic E-state index is 12.3. The number of nitrogens with zero attached hydrogens (tertiary/aromatic N) is 1. The van der Waals surface area contributed by atoms with Gasteiger partial charge in [-0.1, -0.05) is 12.1 Å². The summed E-state index contributed by atoms with van der Waals surface area (Å²) in [4.78, 5) is 25.4. The number of hydrogen-bond donors (Lipinski definition) is 1. The SMILES string of the molecule is CC(=O)N1CCC(C(=O)NCc2cc(C)c(C)cc2C)CC1. The van der Waals surface area contributed by atoms with Crippen molar-refractivity contribution in [3.63, 3.8) is 0 Å². The number of carbonyl (C=O) groups excluding carboxylic acids is 2. The Morgan fingerprint density at radius 3 is 2.27 bits per heavy atom. The third-order valence-corrected chi connectivity index (χ3v) is 4.72. The molecule has 4 nitrogen and oxygen atoms in total. The van der Waals surface area contributed by atoms with Crippen LogP contribution < -0.4 is 5.32 Å². The van der Waals surface area contributed by atoms with Crippen molar-refractivity contribution in [2.24, 2.45) is 5.92 Å². The zero-order valence-corrected chi connectivity index (χ0v) is 14.0. The second-order valence-electron chi connectivity index (χ2n) is 6.36. The normalized spacial score (nSPS) is 15.7. The highest BCUT2D eigenvalue weighted by molar-refractivity contribution is 5.79. The van der Waals surface area contributed by atoms with Crippen molar-refractivity contribution in [1.29, 1.82) is 0 Å². The van der Waals surface area contributed by atoms with Crippen LogP contribution in [0.15, 0.2) is 12.1 Å². The molecular formula is C18H26N2O2. The average molecular weight is 302 g/mol. The van der Waals surface area contributed by atoms with E-state index in [2.05, 4.69) is 38.2 Å². The Morgan fingerprint density at radius 2 is 1.68 bits per heavy atom. The van der Waals surface area contributed by atoms with Crippen LogP contribution in [-0.4, -0.2) is 29.8 Å². The molecule has 1 fully saturated rings. The fraction of sp³-hybridized carbons (Fsp3) is 0.556. The summed E-state index contributed by atoms with van der Waals surface area (Å²) in [5.74, 6) is 0.243. The van der Waals surface area contributed by atoms with Gasteiger partial charge < -0.3 is 10.2 Å². The molecular weight excluding hydrogens is 276 g/mol. The summed E-state index contributed by atoms with van der Waals surface area (Å²) in [6.45, 7) is 9.83. The second kappa shape index (κ2) is 6.95. The van der Waals surface area contributed by atoms with Gasteiger partial charge in [0, 0.05) is 32.5 Å². The van der Waals surface area contributed by atoms with Gasteiger partial charge in [0.2, 0.25) is 11.8 Å². The minimum absolute atomic E-state index is 0.0300. The van der Waals surface area contributed by atoms with Gasteiger partial charge in [0.15, 0.2) is 0 Å². The van der Waals surface area contributed by atoms with Crippen molar-refractivity contribution < 1.29 is 9.59 Å². The van der Waals surface area contributed by atoms with Crippen molar-refractivity contribution in [3.05, 3.63) is 34.4 Å². The van der Waals surface area contributed by atoms with Crippen LogP contribution in [-0.2, 0) is 16.1 Å². The minimum Gasteiger partial charge on any atom is -0.352 e.